The fourth-order valence-corrected chi connectivity index (χ4v) is 9.85. The number of carboxylic acid groups (broad SMARTS) is 2. The number of fused-ring (bicyclic) bond motifs is 3. The van der Waals surface area contributed by atoms with Gasteiger partial charge in [0, 0.05) is 64.4 Å². The molecule has 2 aromatic heterocycles. The van der Waals surface area contributed by atoms with Crippen molar-refractivity contribution in [1.29, 1.82) is 0 Å². The average Bonchev–Trinajstić information content (AvgIpc) is 3.75. The Morgan fingerprint density at radius 1 is 0.662 bits per heavy atom. The fourth-order valence-electron chi connectivity index (χ4n) is 8.84. The quantitative estimate of drug-likeness (QED) is 0.108. The number of carboxylic acids is 2. The number of anilines is 1. The van der Waals surface area contributed by atoms with Crippen LogP contribution in [0.1, 0.15) is 74.7 Å². The second kappa shape index (κ2) is 28.5. The molecule has 4 heterocycles. The second-order valence-corrected chi connectivity index (χ2v) is 18.8. The van der Waals surface area contributed by atoms with Gasteiger partial charge in [-0.3, -0.25) is 19.4 Å². The van der Waals surface area contributed by atoms with Crippen LogP contribution in [-0.2, 0) is 52.9 Å². The first-order valence-corrected chi connectivity index (χ1v) is 25.6. The van der Waals surface area contributed by atoms with Crippen LogP contribution in [0.4, 0.5) is 5.69 Å². The van der Waals surface area contributed by atoms with Crippen molar-refractivity contribution in [2.45, 2.75) is 57.5 Å². The number of hydrogen-bond donors (Lipinski definition) is 3. The standard InChI is InChI=1S/C53H66N6O11S/c60-50(17-18-51(61)59-35-42-9-2-1-7-40(42)15-16-41-8-3-4-14-47(41)59)54-19-24-66-31-32-71-38-39-33-48-49(34-39)70-28-23-58(37-44-11-6-13-46(56-44)53(64)65)21-26-68-30-29-67-25-20-57(22-27-69-48)36-43-10-5-12-45(55-43)52(62)63/h1-16,39,48-49H,17-38H2,(H,54,60)(H,62,63)(H,64,65)/b16-15-. The third-order valence-electron chi connectivity index (χ3n) is 12.5. The molecule has 380 valence electrons. The summed E-state index contributed by atoms with van der Waals surface area (Å²) < 4.78 is 30.9. The van der Waals surface area contributed by atoms with E-state index in [1.165, 1.54) is 12.1 Å². The smallest absolute Gasteiger partial charge is 0.354 e. The third kappa shape index (κ3) is 17.3. The zero-order chi connectivity index (χ0) is 49.6. The number of nitrogens with one attached hydrogen (secondary N) is 1. The van der Waals surface area contributed by atoms with E-state index in [-0.39, 0.29) is 48.3 Å². The van der Waals surface area contributed by atoms with Gasteiger partial charge in [0.2, 0.25) is 11.8 Å². The maximum absolute atomic E-state index is 13.6. The second-order valence-electron chi connectivity index (χ2n) is 17.7. The summed E-state index contributed by atoms with van der Waals surface area (Å²) in [6, 6.07) is 25.9. The van der Waals surface area contributed by atoms with Crippen molar-refractivity contribution in [2.75, 3.05) is 102 Å². The van der Waals surface area contributed by atoms with E-state index < -0.39 is 11.9 Å². The molecule has 2 fully saturated rings. The molecule has 2 atom stereocenters. The molecule has 1 saturated heterocycles. The van der Waals surface area contributed by atoms with Gasteiger partial charge in [0.15, 0.2) is 0 Å². The van der Waals surface area contributed by atoms with E-state index in [1.807, 2.05) is 78.5 Å². The number of carbonyl (C=O) groups excluding carboxylic acids is 2. The molecular weight excluding hydrogens is 929 g/mol. The van der Waals surface area contributed by atoms with Gasteiger partial charge in [-0.05, 0) is 71.5 Å². The van der Waals surface area contributed by atoms with Crippen molar-refractivity contribution in [1.82, 2.24) is 25.1 Å². The number of para-hydroxylation sites is 1. The highest BCUT2D eigenvalue weighted by Gasteiger charge is 2.36. The van der Waals surface area contributed by atoms with Crippen LogP contribution in [0.5, 0.6) is 0 Å². The summed E-state index contributed by atoms with van der Waals surface area (Å²) in [6.45, 7) is 7.46. The van der Waals surface area contributed by atoms with Crippen molar-refractivity contribution in [3.05, 3.63) is 124 Å². The SMILES string of the molecule is O=C(CCC(=O)N1Cc2ccccc2/C=C\c2ccccc21)NCCOCCSCC1CC2OCCN(Cc3cccc(C(=O)O)n3)CCOCCOCCN(Cc3cccc(C(=O)O)n3)CCOC2C1. The molecule has 2 aliphatic heterocycles. The minimum atomic E-state index is -1.07. The number of benzene rings is 2. The molecule has 3 aliphatic rings. The molecule has 1 saturated carbocycles. The number of carbonyl (C=O) groups is 4. The Bertz CT molecular complexity index is 2300. The number of pyridine rings is 2. The topological polar surface area (TPSA) is 202 Å². The Morgan fingerprint density at radius 2 is 1.24 bits per heavy atom. The predicted octanol–water partition coefficient (Wildman–Crippen LogP) is 5.77. The summed E-state index contributed by atoms with van der Waals surface area (Å²) in [6.07, 6.45) is 5.68. The van der Waals surface area contributed by atoms with Crippen LogP contribution in [-0.4, -0.2) is 163 Å². The van der Waals surface area contributed by atoms with Crippen LogP contribution in [0.15, 0.2) is 84.9 Å². The Labute approximate surface area is 419 Å². The molecule has 18 heteroatoms. The van der Waals surface area contributed by atoms with Gasteiger partial charge in [-0.2, -0.15) is 11.8 Å². The van der Waals surface area contributed by atoms with Gasteiger partial charge in [-0.1, -0.05) is 66.7 Å². The molecule has 2 aromatic carbocycles. The van der Waals surface area contributed by atoms with Crippen LogP contribution in [0.3, 0.4) is 0 Å². The average molecular weight is 995 g/mol. The molecule has 7 rings (SSSR count). The van der Waals surface area contributed by atoms with E-state index in [0.29, 0.717) is 123 Å². The highest BCUT2D eigenvalue weighted by Crippen LogP contribution is 2.33. The van der Waals surface area contributed by atoms with E-state index in [2.05, 4.69) is 31.2 Å². The molecule has 1 aliphatic carbocycles. The first-order chi connectivity index (χ1) is 34.7. The van der Waals surface area contributed by atoms with Crippen LogP contribution >= 0.6 is 11.8 Å². The summed E-state index contributed by atoms with van der Waals surface area (Å²) in [5.74, 6) is -0.398. The largest absolute Gasteiger partial charge is 0.477 e. The highest BCUT2D eigenvalue weighted by molar-refractivity contribution is 7.99. The maximum Gasteiger partial charge on any atom is 0.354 e. The molecule has 4 aromatic rings. The maximum atomic E-state index is 13.6. The molecule has 0 spiro atoms. The van der Waals surface area contributed by atoms with Crippen molar-refractivity contribution in [2.24, 2.45) is 5.92 Å². The summed E-state index contributed by atoms with van der Waals surface area (Å²) in [7, 11) is 0. The number of aromatic carboxylic acids is 2. The van der Waals surface area contributed by atoms with Crippen LogP contribution in [0.25, 0.3) is 12.2 Å². The molecular formula is C53H66N6O11S. The normalized spacial score (nSPS) is 20.2. The Hall–Kier alpha value is -5.57. The zero-order valence-electron chi connectivity index (χ0n) is 40.2. The monoisotopic (exact) mass is 994 g/mol. The van der Waals surface area contributed by atoms with Crippen LogP contribution in [0.2, 0.25) is 0 Å². The summed E-state index contributed by atoms with van der Waals surface area (Å²) in [5, 5.41) is 21.9. The lowest BCUT2D eigenvalue weighted by Crippen LogP contribution is -2.36. The third-order valence-corrected chi connectivity index (χ3v) is 13.7. The lowest BCUT2D eigenvalue weighted by molar-refractivity contribution is -0.125. The van der Waals surface area contributed by atoms with Crippen LogP contribution < -0.4 is 10.2 Å². The number of ether oxygens (including phenoxy) is 5. The van der Waals surface area contributed by atoms with E-state index in [0.717, 1.165) is 46.7 Å². The minimum Gasteiger partial charge on any atom is -0.477 e. The lowest BCUT2D eigenvalue weighted by atomic mass is 10.0. The molecule has 17 nitrogen and oxygen atoms in total. The number of nitrogens with zero attached hydrogens (tertiary/aromatic N) is 5. The van der Waals surface area contributed by atoms with Gasteiger partial charge in [-0.25, -0.2) is 19.6 Å². The number of hydrogen-bond acceptors (Lipinski definition) is 14. The summed E-state index contributed by atoms with van der Waals surface area (Å²) in [5.41, 5.74) is 5.20. The van der Waals surface area contributed by atoms with Gasteiger partial charge in [0.1, 0.15) is 11.4 Å². The number of aromatic nitrogens is 2. The first-order valence-electron chi connectivity index (χ1n) is 24.5. The summed E-state index contributed by atoms with van der Waals surface area (Å²) >= 11 is 1.82. The van der Waals surface area contributed by atoms with Gasteiger partial charge in [0.25, 0.3) is 0 Å². The molecule has 0 radical (unpaired) electrons. The molecule has 2 amide bonds. The zero-order valence-corrected chi connectivity index (χ0v) is 41.1. The predicted molar refractivity (Wildman–Crippen MR) is 270 cm³/mol. The fraction of sp³-hybridized carbons (Fsp3) is 0.472. The van der Waals surface area contributed by atoms with Gasteiger partial charge >= 0.3 is 11.9 Å². The van der Waals surface area contributed by atoms with E-state index in [1.54, 1.807) is 17.0 Å². The highest BCUT2D eigenvalue weighted by atomic mass is 32.2. The molecule has 2 unspecified atom stereocenters. The van der Waals surface area contributed by atoms with E-state index in [9.17, 15) is 29.4 Å². The summed E-state index contributed by atoms with van der Waals surface area (Å²) in [4.78, 5) is 64.4. The Morgan fingerprint density at radius 3 is 1.87 bits per heavy atom. The van der Waals surface area contributed by atoms with Crippen LogP contribution in [0, 0.1) is 5.92 Å². The van der Waals surface area contributed by atoms with E-state index in [4.69, 9.17) is 23.7 Å². The number of thioether (sulfide) groups is 1. The van der Waals surface area contributed by atoms with Crippen molar-refractivity contribution in [3.63, 3.8) is 0 Å². The minimum absolute atomic E-state index is 0.0000410. The Kier molecular flexibility index (Phi) is 21.3. The van der Waals surface area contributed by atoms with Crippen molar-refractivity contribution in [3.8, 4) is 0 Å². The van der Waals surface area contributed by atoms with Gasteiger partial charge < -0.3 is 44.1 Å². The van der Waals surface area contributed by atoms with E-state index >= 15 is 0 Å². The lowest BCUT2D eigenvalue weighted by Gasteiger charge is -2.27. The molecule has 0 bridgehead atoms. The van der Waals surface area contributed by atoms with Crippen molar-refractivity contribution < 1.29 is 53.1 Å². The number of rotatable bonds is 17. The number of amides is 2. The Balaban J connectivity index is 0.858. The van der Waals surface area contributed by atoms with Gasteiger partial charge in [0.05, 0.1) is 88.7 Å². The molecule has 3 N–H and O–H groups in total. The molecule has 71 heavy (non-hydrogen) atoms. The van der Waals surface area contributed by atoms with Crippen molar-refractivity contribution >= 4 is 53.4 Å². The first kappa shape index (κ1) is 53.2. The van der Waals surface area contributed by atoms with Gasteiger partial charge in [-0.15, -0.1) is 0 Å².